The van der Waals surface area contributed by atoms with Crippen molar-refractivity contribution in [3.05, 3.63) is 66.2 Å². The van der Waals surface area contributed by atoms with Crippen molar-refractivity contribution >= 4 is 5.97 Å². The van der Waals surface area contributed by atoms with E-state index in [-0.39, 0.29) is 12.1 Å². The monoisotopic (exact) mass is 240 g/mol. The zero-order valence-corrected chi connectivity index (χ0v) is 9.65. The average molecular weight is 240 g/mol. The number of rotatable bonds is 3. The average Bonchev–Trinajstić information content (AvgIpc) is 3.21. The fourth-order valence-electron chi connectivity index (χ4n) is 1.85. The number of esters is 1. The normalized spacial score (nSPS) is 21.3. The first-order valence-corrected chi connectivity index (χ1v) is 5.82. The number of epoxide rings is 1. The number of ether oxygens (including phenoxy) is 2. The molecule has 1 aliphatic heterocycles. The standard InChI is InChI=1S/C15H12O3/c16-15(17-12-9-5-2-6-10-12)14-13(18-14)11-7-3-1-4-8-11/h1-10,13-14H/t13-,14-/m1/s1. The summed E-state index contributed by atoms with van der Waals surface area (Å²) in [6.07, 6.45) is -0.644. The summed E-state index contributed by atoms with van der Waals surface area (Å²) >= 11 is 0. The number of hydrogen-bond donors (Lipinski definition) is 0. The van der Waals surface area contributed by atoms with Crippen LogP contribution in [-0.2, 0) is 9.53 Å². The molecule has 1 aliphatic rings. The van der Waals surface area contributed by atoms with Crippen LogP contribution >= 0.6 is 0 Å². The molecule has 3 rings (SSSR count). The smallest absolute Gasteiger partial charge is 0.343 e. The molecule has 2 aromatic carbocycles. The molecule has 3 heteroatoms. The van der Waals surface area contributed by atoms with Gasteiger partial charge in [-0.3, -0.25) is 0 Å². The van der Waals surface area contributed by atoms with Gasteiger partial charge >= 0.3 is 5.97 Å². The van der Waals surface area contributed by atoms with Crippen LogP contribution in [-0.4, -0.2) is 12.1 Å². The van der Waals surface area contributed by atoms with Crippen LogP contribution in [0.5, 0.6) is 5.75 Å². The van der Waals surface area contributed by atoms with E-state index in [4.69, 9.17) is 9.47 Å². The summed E-state index contributed by atoms with van der Waals surface area (Å²) < 4.78 is 10.6. The third-order valence-electron chi connectivity index (χ3n) is 2.81. The predicted octanol–water partition coefficient (Wildman–Crippen LogP) is 2.73. The molecule has 0 saturated carbocycles. The third-order valence-corrected chi connectivity index (χ3v) is 2.81. The zero-order valence-electron chi connectivity index (χ0n) is 9.65. The van der Waals surface area contributed by atoms with Gasteiger partial charge in [0.2, 0.25) is 0 Å². The van der Waals surface area contributed by atoms with E-state index in [2.05, 4.69) is 0 Å². The van der Waals surface area contributed by atoms with Crippen LogP contribution in [0.15, 0.2) is 60.7 Å². The first-order chi connectivity index (χ1) is 8.84. The van der Waals surface area contributed by atoms with Gasteiger partial charge in [0.1, 0.15) is 11.9 Å². The summed E-state index contributed by atoms with van der Waals surface area (Å²) in [5, 5.41) is 0. The molecule has 1 fully saturated rings. The van der Waals surface area contributed by atoms with Gasteiger partial charge in [0.25, 0.3) is 0 Å². The molecule has 2 atom stereocenters. The van der Waals surface area contributed by atoms with Gasteiger partial charge in [-0.25, -0.2) is 4.79 Å². The number of hydrogen-bond acceptors (Lipinski definition) is 3. The van der Waals surface area contributed by atoms with Crippen molar-refractivity contribution in [2.24, 2.45) is 0 Å². The summed E-state index contributed by atoms with van der Waals surface area (Å²) in [7, 11) is 0. The summed E-state index contributed by atoms with van der Waals surface area (Å²) in [6.45, 7) is 0. The van der Waals surface area contributed by atoms with Crippen LogP contribution in [0.25, 0.3) is 0 Å². The van der Waals surface area contributed by atoms with E-state index in [9.17, 15) is 4.79 Å². The molecule has 18 heavy (non-hydrogen) atoms. The van der Waals surface area contributed by atoms with Crippen LogP contribution in [0.2, 0.25) is 0 Å². The van der Waals surface area contributed by atoms with Crippen molar-refractivity contribution in [1.82, 2.24) is 0 Å². The van der Waals surface area contributed by atoms with Gasteiger partial charge in [-0.1, -0.05) is 48.5 Å². The van der Waals surface area contributed by atoms with Crippen LogP contribution < -0.4 is 4.74 Å². The summed E-state index contributed by atoms with van der Waals surface area (Å²) in [6, 6.07) is 18.7. The first kappa shape index (κ1) is 11.0. The van der Waals surface area contributed by atoms with Crippen LogP contribution in [0.4, 0.5) is 0 Å². The Labute approximate surface area is 105 Å². The molecule has 3 nitrogen and oxygen atoms in total. The molecule has 0 bridgehead atoms. The Morgan fingerprint density at radius 3 is 2.22 bits per heavy atom. The van der Waals surface area contributed by atoms with Crippen molar-refractivity contribution in [3.8, 4) is 5.75 Å². The maximum Gasteiger partial charge on any atom is 0.343 e. The third kappa shape index (κ3) is 2.26. The molecule has 0 radical (unpaired) electrons. The fraction of sp³-hybridized carbons (Fsp3) is 0.133. The molecule has 2 aromatic rings. The van der Waals surface area contributed by atoms with E-state index < -0.39 is 6.10 Å². The van der Waals surface area contributed by atoms with E-state index in [1.165, 1.54) is 0 Å². The van der Waals surface area contributed by atoms with E-state index in [0.717, 1.165) is 5.56 Å². The highest BCUT2D eigenvalue weighted by Crippen LogP contribution is 2.39. The van der Waals surface area contributed by atoms with Gasteiger partial charge in [0.05, 0.1) is 0 Å². The number of para-hydroxylation sites is 1. The molecule has 0 aromatic heterocycles. The van der Waals surface area contributed by atoms with Gasteiger partial charge < -0.3 is 9.47 Å². The Hall–Kier alpha value is -2.13. The lowest BCUT2D eigenvalue weighted by Gasteiger charge is -2.01. The minimum absolute atomic E-state index is 0.164. The highest BCUT2D eigenvalue weighted by molar-refractivity contribution is 5.80. The maximum atomic E-state index is 11.8. The second kappa shape index (κ2) is 4.63. The zero-order chi connectivity index (χ0) is 12.4. The highest BCUT2D eigenvalue weighted by atomic mass is 16.6. The second-order valence-electron chi connectivity index (χ2n) is 4.12. The lowest BCUT2D eigenvalue weighted by molar-refractivity contribution is -0.135. The molecule has 0 spiro atoms. The first-order valence-electron chi connectivity index (χ1n) is 5.82. The Balaban J connectivity index is 1.63. The quantitative estimate of drug-likeness (QED) is 0.470. The van der Waals surface area contributed by atoms with Gasteiger partial charge in [-0.05, 0) is 17.7 Å². The van der Waals surface area contributed by atoms with Crippen molar-refractivity contribution in [2.75, 3.05) is 0 Å². The largest absolute Gasteiger partial charge is 0.425 e. The Morgan fingerprint density at radius 1 is 0.944 bits per heavy atom. The number of benzene rings is 2. The minimum atomic E-state index is -0.479. The fourth-order valence-corrected chi connectivity index (χ4v) is 1.85. The highest BCUT2D eigenvalue weighted by Gasteiger charge is 2.47. The van der Waals surface area contributed by atoms with E-state index in [1.807, 2.05) is 48.5 Å². The van der Waals surface area contributed by atoms with Gasteiger partial charge in [-0.15, -0.1) is 0 Å². The van der Waals surface area contributed by atoms with E-state index in [0.29, 0.717) is 5.75 Å². The molecule has 0 amide bonds. The molecule has 0 N–H and O–H groups in total. The number of carbonyl (C=O) groups excluding carboxylic acids is 1. The summed E-state index contributed by atoms with van der Waals surface area (Å²) in [5.74, 6) is 0.208. The molecular weight excluding hydrogens is 228 g/mol. The summed E-state index contributed by atoms with van der Waals surface area (Å²) in [5.41, 5.74) is 1.01. The molecule has 1 saturated heterocycles. The SMILES string of the molecule is O=C(Oc1ccccc1)[C@@H]1O[C@@H]1c1ccccc1. The van der Waals surface area contributed by atoms with Crippen molar-refractivity contribution in [3.63, 3.8) is 0 Å². The van der Waals surface area contributed by atoms with Crippen molar-refractivity contribution in [1.29, 1.82) is 0 Å². The van der Waals surface area contributed by atoms with Gasteiger partial charge in [-0.2, -0.15) is 0 Å². The topological polar surface area (TPSA) is 38.8 Å². The minimum Gasteiger partial charge on any atom is -0.425 e. The molecular formula is C15H12O3. The molecule has 0 unspecified atom stereocenters. The Morgan fingerprint density at radius 2 is 1.56 bits per heavy atom. The van der Waals surface area contributed by atoms with Gasteiger partial charge in [0.15, 0.2) is 6.10 Å². The predicted molar refractivity (Wildman–Crippen MR) is 66.1 cm³/mol. The van der Waals surface area contributed by atoms with Crippen LogP contribution in [0.3, 0.4) is 0 Å². The summed E-state index contributed by atoms with van der Waals surface area (Å²) in [4.78, 5) is 11.8. The van der Waals surface area contributed by atoms with Crippen LogP contribution in [0, 0.1) is 0 Å². The number of carbonyl (C=O) groups is 1. The van der Waals surface area contributed by atoms with Crippen LogP contribution in [0.1, 0.15) is 11.7 Å². The molecule has 90 valence electrons. The van der Waals surface area contributed by atoms with Crippen molar-refractivity contribution < 1.29 is 14.3 Å². The second-order valence-corrected chi connectivity index (χ2v) is 4.12. The molecule has 0 aliphatic carbocycles. The molecule has 1 heterocycles. The Bertz CT molecular complexity index is 536. The Kier molecular flexibility index (Phi) is 2.82. The van der Waals surface area contributed by atoms with E-state index >= 15 is 0 Å². The van der Waals surface area contributed by atoms with E-state index in [1.54, 1.807) is 12.1 Å². The lowest BCUT2D eigenvalue weighted by Crippen LogP contribution is -2.15. The van der Waals surface area contributed by atoms with Crippen molar-refractivity contribution in [2.45, 2.75) is 12.2 Å². The lowest BCUT2D eigenvalue weighted by atomic mass is 10.1. The van der Waals surface area contributed by atoms with Gasteiger partial charge in [0, 0.05) is 0 Å². The maximum absolute atomic E-state index is 11.8.